The zero-order valence-electron chi connectivity index (χ0n) is 20.3. The molecule has 0 atom stereocenters. The molecule has 1 heterocycles. The van der Waals surface area contributed by atoms with E-state index in [4.69, 9.17) is 21.1 Å². The van der Waals surface area contributed by atoms with E-state index < -0.39 is 0 Å². The SMILES string of the molecule is COc1ccccc1CCNC(=O)c1cccc(CN2CCN(c3cc(Cl)ccc3OC)CC2)c1. The van der Waals surface area contributed by atoms with E-state index in [1.807, 2.05) is 60.7 Å². The Morgan fingerprint density at radius 3 is 2.46 bits per heavy atom. The molecule has 0 bridgehead atoms. The fourth-order valence-electron chi connectivity index (χ4n) is 4.45. The molecule has 7 heteroatoms. The van der Waals surface area contributed by atoms with Crippen molar-refractivity contribution in [1.29, 1.82) is 0 Å². The number of hydrogen-bond acceptors (Lipinski definition) is 5. The largest absolute Gasteiger partial charge is 0.496 e. The number of rotatable bonds is 9. The van der Waals surface area contributed by atoms with E-state index in [1.165, 1.54) is 0 Å². The van der Waals surface area contributed by atoms with Crippen molar-refractivity contribution in [1.82, 2.24) is 10.2 Å². The third-order valence-corrected chi connectivity index (χ3v) is 6.56. The molecule has 0 aliphatic carbocycles. The first-order valence-electron chi connectivity index (χ1n) is 11.9. The second-order valence-corrected chi connectivity index (χ2v) is 9.03. The standard InChI is InChI=1S/C28H32ClN3O3/c1-34-26-9-4-3-7-22(26)12-13-30-28(33)23-8-5-6-21(18-23)20-31-14-16-32(17-15-31)25-19-24(29)10-11-27(25)35-2/h3-11,18-19H,12-17,20H2,1-2H3,(H,30,33). The number of nitrogens with zero attached hydrogens (tertiary/aromatic N) is 2. The molecule has 0 saturated carbocycles. The van der Waals surface area contributed by atoms with Gasteiger partial charge in [0.1, 0.15) is 11.5 Å². The van der Waals surface area contributed by atoms with E-state index in [0.29, 0.717) is 17.1 Å². The third-order valence-electron chi connectivity index (χ3n) is 6.32. The second kappa shape index (κ2) is 12.0. The summed E-state index contributed by atoms with van der Waals surface area (Å²) in [5.74, 6) is 1.63. The number of ether oxygens (including phenoxy) is 2. The van der Waals surface area contributed by atoms with Crippen molar-refractivity contribution >= 4 is 23.2 Å². The lowest BCUT2D eigenvalue weighted by molar-refractivity contribution is 0.0954. The summed E-state index contributed by atoms with van der Waals surface area (Å²) >= 11 is 6.21. The van der Waals surface area contributed by atoms with Crippen LogP contribution in [0.15, 0.2) is 66.7 Å². The first-order chi connectivity index (χ1) is 17.1. The molecule has 3 aromatic carbocycles. The number of hydrogen-bond donors (Lipinski definition) is 1. The predicted molar refractivity (Wildman–Crippen MR) is 141 cm³/mol. The fraction of sp³-hybridized carbons (Fsp3) is 0.321. The van der Waals surface area contributed by atoms with E-state index in [9.17, 15) is 4.79 Å². The van der Waals surface area contributed by atoms with Gasteiger partial charge in [0.2, 0.25) is 0 Å². The smallest absolute Gasteiger partial charge is 0.251 e. The highest BCUT2D eigenvalue weighted by Crippen LogP contribution is 2.32. The van der Waals surface area contributed by atoms with Crippen LogP contribution in [0.5, 0.6) is 11.5 Å². The van der Waals surface area contributed by atoms with E-state index in [0.717, 1.165) is 67.5 Å². The van der Waals surface area contributed by atoms with Crippen molar-refractivity contribution in [2.24, 2.45) is 0 Å². The van der Waals surface area contributed by atoms with Gasteiger partial charge < -0.3 is 19.7 Å². The van der Waals surface area contributed by atoms with Gasteiger partial charge in [0.05, 0.1) is 19.9 Å². The van der Waals surface area contributed by atoms with Crippen LogP contribution in [0.4, 0.5) is 5.69 Å². The van der Waals surface area contributed by atoms with Crippen LogP contribution in [0.25, 0.3) is 0 Å². The normalized spacial score (nSPS) is 14.0. The molecule has 1 saturated heterocycles. The summed E-state index contributed by atoms with van der Waals surface area (Å²) < 4.78 is 10.9. The van der Waals surface area contributed by atoms with E-state index in [2.05, 4.69) is 21.2 Å². The van der Waals surface area contributed by atoms with Crippen molar-refractivity contribution < 1.29 is 14.3 Å². The van der Waals surface area contributed by atoms with Crippen molar-refractivity contribution in [3.63, 3.8) is 0 Å². The molecule has 0 radical (unpaired) electrons. The number of benzene rings is 3. The minimum Gasteiger partial charge on any atom is -0.496 e. The van der Waals surface area contributed by atoms with E-state index >= 15 is 0 Å². The minimum atomic E-state index is -0.0559. The molecule has 3 aromatic rings. The number of amides is 1. The molecule has 1 aliphatic rings. The third kappa shape index (κ3) is 6.47. The maximum Gasteiger partial charge on any atom is 0.251 e. The van der Waals surface area contributed by atoms with Gasteiger partial charge >= 0.3 is 0 Å². The summed E-state index contributed by atoms with van der Waals surface area (Å²) in [4.78, 5) is 17.5. The molecule has 35 heavy (non-hydrogen) atoms. The van der Waals surface area contributed by atoms with Crippen LogP contribution in [-0.4, -0.2) is 57.8 Å². The van der Waals surface area contributed by atoms with Gasteiger partial charge in [-0.3, -0.25) is 9.69 Å². The lowest BCUT2D eigenvalue weighted by Gasteiger charge is -2.36. The van der Waals surface area contributed by atoms with Crippen LogP contribution >= 0.6 is 11.6 Å². The van der Waals surface area contributed by atoms with Crippen LogP contribution in [-0.2, 0) is 13.0 Å². The Labute approximate surface area is 212 Å². The maximum absolute atomic E-state index is 12.7. The quantitative estimate of drug-likeness (QED) is 0.470. The Hall–Kier alpha value is -3.22. The number of methoxy groups -OCH3 is 2. The number of anilines is 1. The number of carbonyl (C=O) groups is 1. The number of halogens is 1. The first kappa shape index (κ1) is 24.9. The average Bonchev–Trinajstić information content (AvgIpc) is 2.89. The first-order valence-corrected chi connectivity index (χ1v) is 12.2. The molecule has 1 amide bonds. The van der Waals surface area contributed by atoms with Gasteiger partial charge in [-0.15, -0.1) is 0 Å². The Kier molecular flexibility index (Phi) is 8.50. The Bertz CT molecular complexity index is 1150. The molecule has 1 fully saturated rings. The summed E-state index contributed by atoms with van der Waals surface area (Å²) in [5.41, 5.74) is 3.94. The fourth-order valence-corrected chi connectivity index (χ4v) is 4.61. The van der Waals surface area contributed by atoms with Gasteiger partial charge in [-0.05, 0) is 53.9 Å². The summed E-state index contributed by atoms with van der Waals surface area (Å²) in [7, 11) is 3.35. The highest BCUT2D eigenvalue weighted by atomic mass is 35.5. The van der Waals surface area contributed by atoms with E-state index in [1.54, 1.807) is 14.2 Å². The van der Waals surface area contributed by atoms with Crippen LogP contribution in [0, 0.1) is 0 Å². The van der Waals surface area contributed by atoms with Crippen molar-refractivity contribution in [3.8, 4) is 11.5 Å². The summed E-state index contributed by atoms with van der Waals surface area (Å²) in [6.45, 7) is 4.98. The topological polar surface area (TPSA) is 54.0 Å². The van der Waals surface area contributed by atoms with Crippen molar-refractivity contribution in [3.05, 3.63) is 88.4 Å². The molecular weight excluding hydrogens is 462 g/mol. The molecular formula is C28H32ClN3O3. The highest BCUT2D eigenvalue weighted by Gasteiger charge is 2.20. The number of para-hydroxylation sites is 1. The average molecular weight is 494 g/mol. The molecule has 4 rings (SSSR count). The zero-order chi connectivity index (χ0) is 24.6. The van der Waals surface area contributed by atoms with Crippen LogP contribution in [0.2, 0.25) is 5.02 Å². The monoisotopic (exact) mass is 493 g/mol. The van der Waals surface area contributed by atoms with Crippen molar-refractivity contribution in [2.45, 2.75) is 13.0 Å². The van der Waals surface area contributed by atoms with Crippen LogP contribution < -0.4 is 19.7 Å². The number of piperazine rings is 1. The molecule has 0 spiro atoms. The van der Waals surface area contributed by atoms with Gasteiger partial charge in [-0.2, -0.15) is 0 Å². The predicted octanol–water partition coefficient (Wildman–Crippen LogP) is 4.65. The van der Waals surface area contributed by atoms with Gasteiger partial charge in [0.25, 0.3) is 5.91 Å². The van der Waals surface area contributed by atoms with Gasteiger partial charge in [0.15, 0.2) is 0 Å². The Morgan fingerprint density at radius 1 is 0.914 bits per heavy atom. The molecule has 0 aromatic heterocycles. The Balaban J connectivity index is 1.29. The zero-order valence-corrected chi connectivity index (χ0v) is 21.1. The van der Waals surface area contributed by atoms with Gasteiger partial charge in [0, 0.05) is 49.9 Å². The van der Waals surface area contributed by atoms with Gasteiger partial charge in [-0.1, -0.05) is 41.9 Å². The van der Waals surface area contributed by atoms with Crippen LogP contribution in [0.3, 0.4) is 0 Å². The number of carbonyl (C=O) groups excluding carboxylic acids is 1. The summed E-state index contributed by atoms with van der Waals surface area (Å²) in [5, 5.41) is 3.74. The maximum atomic E-state index is 12.7. The lowest BCUT2D eigenvalue weighted by Crippen LogP contribution is -2.46. The molecule has 184 valence electrons. The second-order valence-electron chi connectivity index (χ2n) is 8.60. The molecule has 6 nitrogen and oxygen atoms in total. The van der Waals surface area contributed by atoms with E-state index in [-0.39, 0.29) is 5.91 Å². The number of nitrogens with one attached hydrogen (secondary N) is 1. The van der Waals surface area contributed by atoms with Gasteiger partial charge in [-0.25, -0.2) is 0 Å². The minimum absolute atomic E-state index is 0.0559. The lowest BCUT2D eigenvalue weighted by atomic mass is 10.1. The Morgan fingerprint density at radius 2 is 1.69 bits per heavy atom. The van der Waals surface area contributed by atoms with Crippen molar-refractivity contribution in [2.75, 3.05) is 51.8 Å². The van der Waals surface area contributed by atoms with Crippen LogP contribution in [0.1, 0.15) is 21.5 Å². The molecule has 1 aliphatic heterocycles. The summed E-state index contributed by atoms with van der Waals surface area (Å²) in [6, 6.07) is 21.5. The summed E-state index contributed by atoms with van der Waals surface area (Å²) in [6.07, 6.45) is 0.719. The highest BCUT2D eigenvalue weighted by molar-refractivity contribution is 6.30. The molecule has 1 N–H and O–H groups in total. The molecule has 0 unspecified atom stereocenters.